The molecule has 10 nitrogen and oxygen atoms in total. The van der Waals surface area contributed by atoms with Crippen LogP contribution in [0.2, 0.25) is 5.02 Å². The van der Waals surface area contributed by atoms with E-state index in [0.717, 1.165) is 17.0 Å². The summed E-state index contributed by atoms with van der Waals surface area (Å²) in [6.45, 7) is 3.32. The lowest BCUT2D eigenvalue weighted by molar-refractivity contribution is -0.145. The molecule has 2 aromatic carbocycles. The molecule has 2 amide bonds. The van der Waals surface area contributed by atoms with Crippen LogP contribution >= 0.6 is 11.6 Å². The molecule has 1 saturated heterocycles. The third kappa shape index (κ3) is 6.08. The van der Waals surface area contributed by atoms with Crippen LogP contribution in [0.3, 0.4) is 0 Å². The van der Waals surface area contributed by atoms with Crippen molar-refractivity contribution in [3.63, 3.8) is 0 Å². The molecule has 3 aromatic rings. The number of fused-ring (bicyclic) bond motifs is 1. The average molecular weight is 562 g/mol. The molecule has 2 heterocycles. The highest BCUT2D eigenvalue weighted by atomic mass is 35.5. The van der Waals surface area contributed by atoms with Gasteiger partial charge in [0.2, 0.25) is 5.91 Å². The second-order valence-electron chi connectivity index (χ2n) is 8.62. The van der Waals surface area contributed by atoms with Gasteiger partial charge < -0.3 is 25.2 Å². The quantitative estimate of drug-likeness (QED) is 0.266. The lowest BCUT2D eigenvalue weighted by Gasteiger charge is -2.32. The van der Waals surface area contributed by atoms with Crippen LogP contribution in [0.1, 0.15) is 12.8 Å². The molecule has 206 valence electrons. The number of nitrogens with zero attached hydrogens (tertiary/aromatic N) is 3. The number of amides is 2. The molecule has 1 aromatic heterocycles. The van der Waals surface area contributed by atoms with Crippen LogP contribution in [0.25, 0.3) is 10.9 Å². The standard InChI is InChI=1S/C26H26ClF2N5O5/c1-3-22(36)34(8-9-35)26(37)19-10-14(6-7-30-19)39-21-11-15-18(12-20(21)38-2)31-13-32-25(15)33-17-5-4-16(28)23(27)24(17)29/h3-5,11-14,19,30,35H,1,6-10H2,2H3,(H,31,32,33)/t14-,19-/m0/s1. The number of benzene rings is 2. The molecule has 1 aliphatic heterocycles. The summed E-state index contributed by atoms with van der Waals surface area (Å²) in [5, 5.41) is 15.0. The van der Waals surface area contributed by atoms with Crippen molar-refractivity contribution in [3.05, 3.63) is 59.9 Å². The van der Waals surface area contributed by atoms with Gasteiger partial charge in [0, 0.05) is 17.9 Å². The Morgan fingerprint density at radius 1 is 1.31 bits per heavy atom. The maximum Gasteiger partial charge on any atom is 0.252 e. The summed E-state index contributed by atoms with van der Waals surface area (Å²) in [7, 11) is 1.46. The van der Waals surface area contributed by atoms with Crippen LogP contribution in [-0.2, 0) is 9.59 Å². The van der Waals surface area contributed by atoms with Gasteiger partial charge in [-0.15, -0.1) is 0 Å². The van der Waals surface area contributed by atoms with Crippen LogP contribution < -0.4 is 20.1 Å². The minimum absolute atomic E-state index is 0.0825. The molecule has 0 bridgehead atoms. The van der Waals surface area contributed by atoms with Crippen LogP contribution in [0.4, 0.5) is 20.3 Å². The monoisotopic (exact) mass is 561 g/mol. The predicted octanol–water partition coefficient (Wildman–Crippen LogP) is 3.35. The number of piperidine rings is 1. The van der Waals surface area contributed by atoms with Gasteiger partial charge in [-0.05, 0) is 37.2 Å². The van der Waals surface area contributed by atoms with Gasteiger partial charge in [0.15, 0.2) is 17.3 Å². The van der Waals surface area contributed by atoms with E-state index in [1.165, 1.54) is 19.5 Å². The molecular weight excluding hydrogens is 536 g/mol. The van der Waals surface area contributed by atoms with Crippen molar-refractivity contribution in [1.82, 2.24) is 20.2 Å². The summed E-state index contributed by atoms with van der Waals surface area (Å²) in [6.07, 6.45) is 2.65. The Hall–Kier alpha value is -3.87. The minimum atomic E-state index is -0.969. The molecule has 0 saturated carbocycles. The van der Waals surface area contributed by atoms with Gasteiger partial charge in [-0.2, -0.15) is 0 Å². The van der Waals surface area contributed by atoms with E-state index in [2.05, 4.69) is 27.2 Å². The van der Waals surface area contributed by atoms with E-state index in [-0.39, 0.29) is 31.1 Å². The molecular formula is C26H26ClF2N5O5. The lowest BCUT2D eigenvalue weighted by Crippen LogP contribution is -2.54. The topological polar surface area (TPSA) is 126 Å². The Balaban J connectivity index is 1.60. The van der Waals surface area contributed by atoms with Crippen LogP contribution in [0.15, 0.2) is 43.2 Å². The number of carbonyl (C=O) groups is 2. The molecule has 4 rings (SSSR count). The fourth-order valence-electron chi connectivity index (χ4n) is 4.25. The molecule has 13 heteroatoms. The number of nitrogens with one attached hydrogen (secondary N) is 2. The van der Waals surface area contributed by atoms with E-state index in [4.69, 9.17) is 21.1 Å². The van der Waals surface area contributed by atoms with Gasteiger partial charge in [-0.1, -0.05) is 18.2 Å². The Labute approximate surface area is 227 Å². The van der Waals surface area contributed by atoms with Crippen LogP contribution in [0, 0.1) is 11.6 Å². The number of methoxy groups -OCH3 is 1. The van der Waals surface area contributed by atoms with Crippen molar-refractivity contribution in [2.45, 2.75) is 25.0 Å². The Morgan fingerprint density at radius 2 is 2.10 bits per heavy atom. The highest BCUT2D eigenvalue weighted by molar-refractivity contribution is 6.31. The van der Waals surface area contributed by atoms with Gasteiger partial charge in [0.25, 0.3) is 5.91 Å². The molecule has 2 atom stereocenters. The minimum Gasteiger partial charge on any atom is -0.493 e. The molecule has 3 N–H and O–H groups in total. The number of halogens is 3. The van der Waals surface area contributed by atoms with Gasteiger partial charge in [-0.25, -0.2) is 18.7 Å². The Kier molecular flexibility index (Phi) is 8.90. The average Bonchev–Trinajstić information content (AvgIpc) is 2.95. The zero-order valence-corrected chi connectivity index (χ0v) is 21.7. The van der Waals surface area contributed by atoms with Crippen LogP contribution in [0.5, 0.6) is 11.5 Å². The first kappa shape index (κ1) is 28.1. The molecule has 0 unspecified atom stereocenters. The molecule has 1 fully saturated rings. The number of rotatable bonds is 9. The normalized spacial score (nSPS) is 16.9. The van der Waals surface area contributed by atoms with Crippen molar-refractivity contribution >= 4 is 45.8 Å². The van der Waals surface area contributed by atoms with Gasteiger partial charge in [0.05, 0.1) is 37.5 Å². The van der Waals surface area contributed by atoms with E-state index < -0.39 is 40.6 Å². The third-order valence-corrected chi connectivity index (χ3v) is 6.53. The summed E-state index contributed by atoms with van der Waals surface area (Å²) >= 11 is 5.71. The van der Waals surface area contributed by atoms with E-state index >= 15 is 0 Å². The Morgan fingerprint density at radius 3 is 2.82 bits per heavy atom. The molecule has 0 spiro atoms. The maximum atomic E-state index is 14.5. The number of carbonyl (C=O) groups excluding carboxylic acids is 2. The number of hydrogen-bond donors (Lipinski definition) is 3. The molecule has 0 aliphatic carbocycles. The van der Waals surface area contributed by atoms with E-state index in [1.54, 1.807) is 12.1 Å². The first-order valence-corrected chi connectivity index (χ1v) is 12.4. The first-order chi connectivity index (χ1) is 18.8. The highest BCUT2D eigenvalue weighted by Gasteiger charge is 2.33. The summed E-state index contributed by atoms with van der Waals surface area (Å²) in [5.41, 5.74) is 0.382. The van der Waals surface area contributed by atoms with E-state index in [1.807, 2.05) is 0 Å². The second kappa shape index (κ2) is 12.3. The fourth-order valence-corrected chi connectivity index (χ4v) is 4.41. The summed E-state index contributed by atoms with van der Waals surface area (Å²) in [4.78, 5) is 34.5. The molecule has 39 heavy (non-hydrogen) atoms. The van der Waals surface area contributed by atoms with Crippen molar-refractivity contribution in [2.75, 3.05) is 32.1 Å². The molecule has 0 radical (unpaired) electrons. The van der Waals surface area contributed by atoms with Crippen molar-refractivity contribution in [2.24, 2.45) is 0 Å². The number of aliphatic hydroxyl groups excluding tert-OH is 1. The smallest absolute Gasteiger partial charge is 0.252 e. The van der Waals surface area contributed by atoms with E-state index in [9.17, 15) is 23.5 Å². The maximum absolute atomic E-state index is 14.5. The van der Waals surface area contributed by atoms with Crippen molar-refractivity contribution in [3.8, 4) is 11.5 Å². The molecule has 1 aliphatic rings. The van der Waals surface area contributed by atoms with Gasteiger partial charge >= 0.3 is 0 Å². The Bertz CT molecular complexity index is 1410. The van der Waals surface area contributed by atoms with Crippen LogP contribution in [-0.4, -0.2) is 70.7 Å². The third-order valence-electron chi connectivity index (χ3n) is 6.19. The van der Waals surface area contributed by atoms with Crippen molar-refractivity contribution in [1.29, 1.82) is 0 Å². The number of aromatic nitrogens is 2. The zero-order valence-electron chi connectivity index (χ0n) is 20.9. The van der Waals surface area contributed by atoms with E-state index in [0.29, 0.717) is 35.4 Å². The predicted molar refractivity (Wildman–Crippen MR) is 140 cm³/mol. The second-order valence-corrected chi connectivity index (χ2v) is 9.00. The number of anilines is 2. The number of imide groups is 1. The lowest BCUT2D eigenvalue weighted by atomic mass is 10.00. The van der Waals surface area contributed by atoms with Crippen molar-refractivity contribution < 1.29 is 33.0 Å². The number of hydrogen-bond acceptors (Lipinski definition) is 9. The largest absolute Gasteiger partial charge is 0.493 e. The number of aliphatic hydroxyl groups is 1. The summed E-state index contributed by atoms with van der Waals surface area (Å²) in [5.74, 6) is -2.04. The van der Waals surface area contributed by atoms with Gasteiger partial charge in [0.1, 0.15) is 29.1 Å². The number of ether oxygens (including phenoxy) is 2. The highest BCUT2D eigenvalue weighted by Crippen LogP contribution is 2.37. The fraction of sp³-hybridized carbons (Fsp3) is 0.308. The first-order valence-electron chi connectivity index (χ1n) is 12.0. The SMILES string of the molecule is C=CC(=O)N(CCO)C(=O)[C@@H]1C[C@@H](Oc2cc3c(Nc4ccc(F)c(Cl)c4F)ncnc3cc2OC)CCN1. The summed E-state index contributed by atoms with van der Waals surface area (Å²) in [6, 6.07) is 4.76. The van der Waals surface area contributed by atoms with Gasteiger partial charge in [-0.3, -0.25) is 14.5 Å². The zero-order chi connectivity index (χ0) is 28.1. The summed E-state index contributed by atoms with van der Waals surface area (Å²) < 4.78 is 39.9.